The van der Waals surface area contributed by atoms with Crippen LogP contribution >= 0.6 is 0 Å². The van der Waals surface area contributed by atoms with E-state index in [9.17, 15) is 81.1 Å². The number of aromatic nitrogens is 2. The van der Waals surface area contributed by atoms with E-state index in [2.05, 4.69) is 36.6 Å². The molecule has 3 saturated heterocycles. The van der Waals surface area contributed by atoms with Crippen molar-refractivity contribution in [2.45, 2.75) is 165 Å². The van der Waals surface area contributed by atoms with Crippen molar-refractivity contribution in [1.29, 1.82) is 10.5 Å². The number of likely N-dealkylation sites (N-methyl/N-ethyl adjacent to an activating group) is 1. The molecule has 2 aromatic carbocycles. The van der Waals surface area contributed by atoms with Gasteiger partial charge in [-0.25, -0.2) is 17.6 Å². The van der Waals surface area contributed by atoms with Crippen LogP contribution in [0.5, 0.6) is 11.5 Å². The Bertz CT molecular complexity index is 3880. The number of carboxylic acid groups (broad SMARTS) is 1. The number of hydrogen-bond acceptors (Lipinski definition) is 21. The van der Waals surface area contributed by atoms with Crippen LogP contribution in [0.4, 0.5) is 17.6 Å². The lowest BCUT2D eigenvalue weighted by Crippen LogP contribution is -2.60. The molecule has 0 saturated carbocycles. The zero-order chi connectivity index (χ0) is 76.9. The molecule has 4 atom stereocenters. The van der Waals surface area contributed by atoms with Crippen LogP contribution in [0.3, 0.4) is 0 Å². The lowest BCUT2D eigenvalue weighted by molar-refractivity contribution is -0.159. The Morgan fingerprint density at radius 2 is 1.10 bits per heavy atom. The van der Waals surface area contributed by atoms with Crippen molar-refractivity contribution in [3.63, 3.8) is 0 Å². The van der Waals surface area contributed by atoms with Crippen LogP contribution in [-0.2, 0) is 47.8 Å². The summed E-state index contributed by atoms with van der Waals surface area (Å²) in [7, 11) is 1.73. The number of halogens is 4. The molecule has 3 aliphatic rings. The highest BCUT2D eigenvalue weighted by Crippen LogP contribution is 2.34. The second-order valence-electron chi connectivity index (χ2n) is 28.6. The number of carboxylic acids is 1. The molecule has 3 fully saturated rings. The normalized spacial score (nSPS) is 18.4. The minimum absolute atomic E-state index is 0.0723. The summed E-state index contributed by atoms with van der Waals surface area (Å²) >= 11 is 0. The van der Waals surface area contributed by atoms with Crippen LogP contribution in [-0.4, -0.2) is 251 Å². The first kappa shape index (κ1) is 82.4. The van der Waals surface area contributed by atoms with Gasteiger partial charge in [0.05, 0.1) is 93.3 Å². The largest absolute Gasteiger partial charge is 0.494 e. The number of rotatable bonds is 35. The molecule has 0 bridgehead atoms. The number of hydrogen-bond donors (Lipinski definition) is 6. The number of alkyl halides is 4. The zero-order valence-corrected chi connectivity index (χ0v) is 60.3. The quantitative estimate of drug-likeness (QED) is 0.0203. The number of carbonyl (C=O) groups is 10. The molecular formula is C72H94F4N14O15. The van der Waals surface area contributed by atoms with Gasteiger partial charge in [-0.05, 0) is 142 Å². The highest BCUT2D eigenvalue weighted by Gasteiger charge is 2.49. The number of likely N-dealkylation sites (tertiary alicyclic amines) is 2. The molecule has 33 heteroatoms. The second kappa shape index (κ2) is 37.2. The first-order valence-electron chi connectivity index (χ1n) is 34.9. The van der Waals surface area contributed by atoms with Gasteiger partial charge in [0.2, 0.25) is 29.5 Å². The van der Waals surface area contributed by atoms with E-state index in [0.29, 0.717) is 78.4 Å². The van der Waals surface area contributed by atoms with Gasteiger partial charge < -0.3 is 60.4 Å². The summed E-state index contributed by atoms with van der Waals surface area (Å²) in [6, 6.07) is 12.2. The molecule has 0 aliphatic carbocycles. The fraction of sp³-hybridized carbons (Fsp3) is 0.583. The molecule has 2 aromatic heterocycles. The maximum atomic E-state index is 14.0. The van der Waals surface area contributed by atoms with Gasteiger partial charge in [-0.2, -0.15) is 10.5 Å². The van der Waals surface area contributed by atoms with Gasteiger partial charge in [0.25, 0.3) is 23.7 Å². The van der Waals surface area contributed by atoms with Crippen LogP contribution in [0.25, 0.3) is 21.8 Å². The number of nitrogens with zero attached hydrogens (tertiary/aromatic N) is 9. The molecule has 7 rings (SSSR count). The van der Waals surface area contributed by atoms with Gasteiger partial charge in [0, 0.05) is 93.7 Å². The summed E-state index contributed by atoms with van der Waals surface area (Å²) in [5.74, 6) is -12.3. The van der Waals surface area contributed by atoms with Crippen molar-refractivity contribution in [2.24, 2.45) is 0 Å². The number of aliphatic carboxylic acids is 1. The number of carbonyl (C=O) groups excluding carboxylic acids is 9. The Kier molecular flexibility index (Phi) is 29.2. The molecule has 5 heterocycles. The van der Waals surface area contributed by atoms with Gasteiger partial charge in [-0.3, -0.25) is 72.6 Å². The number of nitriles is 2. The van der Waals surface area contributed by atoms with Crippen LogP contribution in [0.1, 0.15) is 139 Å². The van der Waals surface area contributed by atoms with Crippen LogP contribution in [0.2, 0.25) is 0 Å². The number of ether oxygens (including phenoxy) is 4. The van der Waals surface area contributed by atoms with Crippen molar-refractivity contribution in [2.75, 3.05) is 105 Å². The second-order valence-corrected chi connectivity index (χ2v) is 28.6. The Hall–Kier alpha value is -9.86. The number of pyridine rings is 2. The SMILES string of the molecule is CN(CC(=O)OC(C)(C)C)C1(CCCCC(=O)N[C@@H](CCC(=O)NCCCCOc2ccc3nccc(C(=O)NCC(=O)N4CC(F)(F)C[C@H]4C#N)c3c2)C(=O)NCCCCOc2ccc3nccc(C(=O)NCC(=O)N4CC(F)(F)C[C@H]4C#N)c3c2)CN(CC(=O)O)CCN(CC(=O)OC(C)(C)C)C1. The Morgan fingerprint density at radius 3 is 1.59 bits per heavy atom. The molecule has 4 aromatic rings. The summed E-state index contributed by atoms with van der Waals surface area (Å²) in [6.45, 7) is 8.44. The molecule has 3 aliphatic heterocycles. The summed E-state index contributed by atoms with van der Waals surface area (Å²) in [5.41, 5.74) is -1.44. The van der Waals surface area contributed by atoms with Crippen LogP contribution in [0.15, 0.2) is 60.9 Å². The number of unbranched alkanes of at least 4 members (excludes halogenated alkanes) is 3. The van der Waals surface area contributed by atoms with Crippen molar-refractivity contribution in [3.8, 4) is 23.6 Å². The number of benzene rings is 2. The third-order valence-electron chi connectivity index (χ3n) is 17.6. The van der Waals surface area contributed by atoms with E-state index in [-0.39, 0.29) is 102 Å². The molecule has 6 N–H and O–H groups in total. The summed E-state index contributed by atoms with van der Waals surface area (Å²) in [4.78, 5) is 148. The first-order valence-corrected chi connectivity index (χ1v) is 34.9. The number of amides is 7. The smallest absolute Gasteiger partial charge is 0.320 e. The number of nitrogens with one attached hydrogen (secondary N) is 5. The Labute approximate surface area is 606 Å². The molecular weight excluding hydrogens is 1380 g/mol. The highest BCUT2D eigenvalue weighted by atomic mass is 19.3. The van der Waals surface area contributed by atoms with Gasteiger partial charge in [-0.15, -0.1) is 0 Å². The molecule has 29 nitrogen and oxygen atoms in total. The number of fused-ring (bicyclic) bond motifs is 2. The summed E-state index contributed by atoms with van der Waals surface area (Å²) < 4.78 is 79.4. The molecule has 0 spiro atoms. The van der Waals surface area contributed by atoms with E-state index in [1.54, 1.807) is 102 Å². The van der Waals surface area contributed by atoms with E-state index >= 15 is 0 Å². The lowest BCUT2D eigenvalue weighted by Gasteiger charge is -2.45. The van der Waals surface area contributed by atoms with Gasteiger partial charge in [0.15, 0.2) is 0 Å². The first-order chi connectivity index (χ1) is 49.5. The van der Waals surface area contributed by atoms with Crippen LogP contribution in [0, 0.1) is 22.7 Å². The molecule has 0 radical (unpaired) electrons. The van der Waals surface area contributed by atoms with Crippen molar-refractivity contribution < 1.29 is 89.6 Å². The minimum atomic E-state index is -3.23. The average Bonchev–Trinajstić information content (AvgIpc) is 1.59. The van der Waals surface area contributed by atoms with E-state index in [1.165, 1.54) is 24.5 Å². The number of esters is 2. The lowest BCUT2D eigenvalue weighted by atomic mass is 9.88. The molecule has 105 heavy (non-hydrogen) atoms. The van der Waals surface area contributed by atoms with E-state index in [4.69, 9.17) is 18.9 Å². The maximum absolute atomic E-state index is 14.0. The third-order valence-corrected chi connectivity index (χ3v) is 17.6. The van der Waals surface area contributed by atoms with E-state index in [0.717, 1.165) is 9.80 Å². The highest BCUT2D eigenvalue weighted by molar-refractivity contribution is 6.08. The van der Waals surface area contributed by atoms with E-state index < -0.39 is 145 Å². The average molecular weight is 1470 g/mol. The molecule has 7 amide bonds. The van der Waals surface area contributed by atoms with Gasteiger partial charge >= 0.3 is 17.9 Å². The van der Waals surface area contributed by atoms with Gasteiger partial charge in [0.1, 0.15) is 40.8 Å². The monoisotopic (exact) mass is 1470 g/mol. The van der Waals surface area contributed by atoms with E-state index in [1.807, 2.05) is 9.80 Å². The maximum Gasteiger partial charge on any atom is 0.320 e. The van der Waals surface area contributed by atoms with Crippen molar-refractivity contribution >= 4 is 81.1 Å². The Morgan fingerprint density at radius 1 is 0.619 bits per heavy atom. The topological polar surface area (TPSA) is 378 Å². The standard InChI is InChI=1S/C72H94F4N14O15/c1-68(2,3)104-63(97)41-86(7)70(43-87(40-62(95)96)28-29-88(44-70)42-64(98)105-69(4,5)6)23-9-8-14-59(92)85-57(67(101)82-25-11-13-31-103-50-16-18-56-54(33-50)52(22-27-80-56)66(100)84-39-61(94)90-46-72(75,76)35-48(90)37-78)19-20-58(91)81-24-10-12-30-102-49-15-17-55-53(32-49)51(21-26-79-55)65(99)83-38-60(93)89-45-71(73,74)34-47(89)36-77/h15-18,21-22,26-27,32-33,47-48,57H,8-14,19-20,23-25,28-31,34-35,38-46H2,1-7H3,(H,81,91)(H,82,101)(H,83,99)(H,84,100)(H,85,92)(H,95,96)/t47-,48-,57-,70?/m0/s1. The predicted octanol–water partition coefficient (Wildman–Crippen LogP) is 4.89. The molecule has 1 unspecified atom stereocenters. The third kappa shape index (κ3) is 25.8. The summed E-state index contributed by atoms with van der Waals surface area (Å²) in [6.07, 6.45) is 3.56. The fourth-order valence-corrected chi connectivity index (χ4v) is 12.6. The Balaban J connectivity index is 0.946. The van der Waals surface area contributed by atoms with Crippen molar-refractivity contribution in [1.82, 2.24) is 61.1 Å². The molecule has 570 valence electrons. The van der Waals surface area contributed by atoms with Crippen LogP contribution < -0.4 is 36.1 Å². The fourth-order valence-electron chi connectivity index (χ4n) is 12.6. The summed E-state index contributed by atoms with van der Waals surface area (Å²) in [5, 5.41) is 42.8. The predicted molar refractivity (Wildman–Crippen MR) is 372 cm³/mol. The minimum Gasteiger partial charge on any atom is -0.494 e. The zero-order valence-electron chi connectivity index (χ0n) is 60.3. The van der Waals surface area contributed by atoms with Gasteiger partial charge in [-0.1, -0.05) is 6.42 Å². The van der Waals surface area contributed by atoms with Crippen molar-refractivity contribution in [3.05, 3.63) is 72.1 Å².